The van der Waals surface area contributed by atoms with Crippen LogP contribution in [0.1, 0.15) is 17.2 Å². The Labute approximate surface area is 108 Å². The topological polar surface area (TPSA) is 25.2 Å². The van der Waals surface area contributed by atoms with Gasteiger partial charge in [-0.2, -0.15) is 0 Å². The summed E-state index contributed by atoms with van der Waals surface area (Å²) >= 11 is 3.35. The quantitative estimate of drug-likeness (QED) is 0.931. The monoisotopic (exact) mass is 297 g/mol. The molecule has 0 aliphatic carbocycles. The van der Waals surface area contributed by atoms with Crippen molar-refractivity contribution in [3.63, 3.8) is 0 Å². The highest BCUT2D eigenvalue weighted by atomic mass is 79.9. The van der Waals surface area contributed by atoms with Crippen LogP contribution < -0.4 is 5.32 Å². The molecule has 1 N–H and O–H groups in total. The van der Waals surface area contributed by atoms with E-state index in [-0.39, 0.29) is 11.9 Å². The van der Waals surface area contributed by atoms with E-state index in [0.29, 0.717) is 11.1 Å². The van der Waals surface area contributed by atoms with E-state index in [9.17, 15) is 4.39 Å². The van der Waals surface area contributed by atoms with E-state index >= 15 is 0 Å². The molecule has 0 saturated carbocycles. The summed E-state index contributed by atoms with van der Waals surface area (Å²) in [6.07, 6.45) is 2.35. The minimum atomic E-state index is -0.205. The summed E-state index contributed by atoms with van der Waals surface area (Å²) < 4.78 is 19.0. The molecule has 90 valence electrons. The van der Waals surface area contributed by atoms with Gasteiger partial charge in [-0.05, 0) is 53.2 Å². The first-order chi connectivity index (χ1) is 8.20. The van der Waals surface area contributed by atoms with Crippen molar-refractivity contribution in [3.8, 4) is 0 Å². The van der Waals surface area contributed by atoms with Gasteiger partial charge in [-0.25, -0.2) is 4.39 Å². The molecule has 2 rings (SSSR count). The summed E-state index contributed by atoms with van der Waals surface area (Å²) in [5.41, 5.74) is 1.99. The van der Waals surface area contributed by atoms with Crippen LogP contribution in [0.3, 0.4) is 0 Å². The number of hydrogen-bond donors (Lipinski definition) is 1. The molecule has 0 amide bonds. The molecule has 2 nitrogen and oxygen atoms in total. The lowest BCUT2D eigenvalue weighted by Gasteiger charge is -2.15. The predicted octanol–water partition coefficient (Wildman–Crippen LogP) is 3.68. The standard InChI is InChI=1S/C13H13BrFNO/c1-16-12(11-5-6-17-13(11)14)8-9-3-2-4-10(15)7-9/h2-7,12,16H,8H2,1H3. The van der Waals surface area contributed by atoms with E-state index in [4.69, 9.17) is 4.42 Å². The SMILES string of the molecule is CNC(Cc1cccc(F)c1)c1ccoc1Br. The number of halogens is 2. The van der Waals surface area contributed by atoms with E-state index in [0.717, 1.165) is 11.1 Å². The smallest absolute Gasteiger partial charge is 0.173 e. The molecule has 0 radical (unpaired) electrons. The minimum absolute atomic E-state index is 0.102. The number of furan rings is 1. The van der Waals surface area contributed by atoms with Crippen molar-refractivity contribution in [2.24, 2.45) is 0 Å². The third-order valence-corrected chi connectivity index (χ3v) is 3.34. The molecule has 0 fully saturated rings. The van der Waals surface area contributed by atoms with E-state index in [1.54, 1.807) is 18.4 Å². The van der Waals surface area contributed by atoms with Crippen molar-refractivity contribution in [1.82, 2.24) is 5.32 Å². The number of likely N-dealkylation sites (N-methyl/N-ethyl adjacent to an activating group) is 1. The van der Waals surface area contributed by atoms with Gasteiger partial charge in [0.2, 0.25) is 0 Å². The molecule has 0 spiro atoms. The fraction of sp³-hybridized carbons (Fsp3) is 0.231. The zero-order chi connectivity index (χ0) is 12.3. The Morgan fingerprint density at radius 3 is 2.82 bits per heavy atom. The van der Waals surface area contributed by atoms with Crippen molar-refractivity contribution in [3.05, 3.63) is 58.2 Å². The van der Waals surface area contributed by atoms with Crippen LogP contribution in [0.2, 0.25) is 0 Å². The Balaban J connectivity index is 2.19. The number of nitrogens with one attached hydrogen (secondary N) is 1. The zero-order valence-electron chi connectivity index (χ0n) is 9.41. The van der Waals surface area contributed by atoms with Gasteiger partial charge in [-0.15, -0.1) is 0 Å². The molecule has 1 heterocycles. The van der Waals surface area contributed by atoms with Crippen molar-refractivity contribution in [2.75, 3.05) is 7.05 Å². The number of hydrogen-bond acceptors (Lipinski definition) is 2. The third kappa shape index (κ3) is 2.96. The number of benzene rings is 1. The first kappa shape index (κ1) is 12.3. The van der Waals surface area contributed by atoms with Gasteiger partial charge in [-0.1, -0.05) is 12.1 Å². The Kier molecular flexibility index (Phi) is 3.97. The zero-order valence-corrected chi connectivity index (χ0v) is 11.0. The van der Waals surface area contributed by atoms with Gasteiger partial charge < -0.3 is 9.73 Å². The summed E-state index contributed by atoms with van der Waals surface area (Å²) in [6.45, 7) is 0. The number of rotatable bonds is 4. The second-order valence-electron chi connectivity index (χ2n) is 3.82. The average molecular weight is 298 g/mol. The molecule has 2 aromatic rings. The fourth-order valence-electron chi connectivity index (χ4n) is 1.82. The van der Waals surface area contributed by atoms with Crippen molar-refractivity contribution in [1.29, 1.82) is 0 Å². The molecular weight excluding hydrogens is 285 g/mol. The van der Waals surface area contributed by atoms with Crippen LogP contribution in [0, 0.1) is 5.82 Å². The highest BCUT2D eigenvalue weighted by Crippen LogP contribution is 2.27. The van der Waals surface area contributed by atoms with Crippen molar-refractivity contribution >= 4 is 15.9 Å². The first-order valence-corrected chi connectivity index (χ1v) is 6.14. The molecule has 0 saturated heterocycles. The molecule has 4 heteroatoms. The Hall–Kier alpha value is -1.13. The maximum Gasteiger partial charge on any atom is 0.173 e. The van der Waals surface area contributed by atoms with E-state index in [1.165, 1.54) is 6.07 Å². The Morgan fingerprint density at radius 1 is 1.41 bits per heavy atom. The summed E-state index contributed by atoms with van der Waals surface area (Å²) in [5.74, 6) is -0.205. The third-order valence-electron chi connectivity index (χ3n) is 2.70. The first-order valence-electron chi connectivity index (χ1n) is 5.35. The lowest BCUT2D eigenvalue weighted by atomic mass is 10.0. The normalized spacial score (nSPS) is 12.6. The Morgan fingerprint density at radius 2 is 2.24 bits per heavy atom. The Bertz CT molecular complexity index is 498. The fourth-order valence-corrected chi connectivity index (χ4v) is 2.34. The van der Waals surface area contributed by atoms with Crippen molar-refractivity contribution in [2.45, 2.75) is 12.5 Å². The van der Waals surface area contributed by atoms with Crippen LogP contribution in [-0.2, 0) is 6.42 Å². The molecular formula is C13H13BrFNO. The van der Waals surface area contributed by atoms with Gasteiger partial charge in [0, 0.05) is 11.6 Å². The lowest BCUT2D eigenvalue weighted by molar-refractivity contribution is 0.517. The average Bonchev–Trinajstić information content (AvgIpc) is 2.72. The lowest BCUT2D eigenvalue weighted by Crippen LogP contribution is -2.18. The van der Waals surface area contributed by atoms with Crippen LogP contribution in [0.15, 0.2) is 45.7 Å². The second-order valence-corrected chi connectivity index (χ2v) is 4.55. The van der Waals surface area contributed by atoms with Gasteiger partial charge in [-0.3, -0.25) is 0 Å². The van der Waals surface area contributed by atoms with Gasteiger partial charge in [0.1, 0.15) is 5.82 Å². The van der Waals surface area contributed by atoms with E-state index < -0.39 is 0 Å². The van der Waals surface area contributed by atoms with E-state index in [1.807, 2.05) is 19.2 Å². The highest BCUT2D eigenvalue weighted by molar-refractivity contribution is 9.10. The van der Waals surface area contributed by atoms with Crippen LogP contribution in [0.4, 0.5) is 4.39 Å². The summed E-state index contributed by atoms with van der Waals surface area (Å²) in [6, 6.07) is 8.66. The second kappa shape index (κ2) is 5.47. The molecule has 1 aromatic heterocycles. The molecule has 1 unspecified atom stereocenters. The van der Waals surface area contributed by atoms with Gasteiger partial charge in [0.05, 0.1) is 6.26 Å². The van der Waals surface area contributed by atoms with Crippen LogP contribution in [0.5, 0.6) is 0 Å². The largest absolute Gasteiger partial charge is 0.457 e. The molecule has 17 heavy (non-hydrogen) atoms. The summed E-state index contributed by atoms with van der Waals surface area (Å²) in [7, 11) is 1.88. The van der Waals surface area contributed by atoms with Crippen LogP contribution in [-0.4, -0.2) is 7.05 Å². The maximum absolute atomic E-state index is 13.1. The predicted molar refractivity (Wildman–Crippen MR) is 68.3 cm³/mol. The minimum Gasteiger partial charge on any atom is -0.457 e. The van der Waals surface area contributed by atoms with E-state index in [2.05, 4.69) is 21.2 Å². The molecule has 0 aliphatic heterocycles. The summed E-state index contributed by atoms with van der Waals surface area (Å²) in [5, 5.41) is 3.20. The molecule has 0 aliphatic rings. The molecule has 1 atom stereocenters. The van der Waals surface area contributed by atoms with Crippen LogP contribution >= 0.6 is 15.9 Å². The van der Waals surface area contributed by atoms with Gasteiger partial charge >= 0.3 is 0 Å². The van der Waals surface area contributed by atoms with Crippen LogP contribution in [0.25, 0.3) is 0 Å². The van der Waals surface area contributed by atoms with Gasteiger partial charge in [0.15, 0.2) is 4.67 Å². The maximum atomic E-state index is 13.1. The van der Waals surface area contributed by atoms with Crippen molar-refractivity contribution < 1.29 is 8.81 Å². The molecule has 1 aromatic carbocycles. The summed E-state index contributed by atoms with van der Waals surface area (Å²) in [4.78, 5) is 0. The van der Waals surface area contributed by atoms with Gasteiger partial charge in [0.25, 0.3) is 0 Å². The highest BCUT2D eigenvalue weighted by Gasteiger charge is 2.15. The molecule has 0 bridgehead atoms.